The van der Waals surface area contributed by atoms with Crippen LogP contribution in [-0.4, -0.2) is 33.6 Å². The van der Waals surface area contributed by atoms with Crippen molar-refractivity contribution in [1.29, 1.82) is 0 Å². The smallest absolute Gasteiger partial charge is 0.357 e. The van der Waals surface area contributed by atoms with E-state index in [4.69, 9.17) is 9.84 Å². The SMILES string of the molecule is O=C(O)c1nn(CC2CCO2)c2ccccc12. The maximum absolute atomic E-state index is 11.1. The number of carboxylic acid groups (broad SMARTS) is 1. The van der Waals surface area contributed by atoms with Crippen molar-refractivity contribution < 1.29 is 14.6 Å². The Hall–Kier alpha value is -1.88. The second kappa shape index (κ2) is 3.85. The number of benzene rings is 1. The van der Waals surface area contributed by atoms with E-state index in [1.807, 2.05) is 18.2 Å². The molecule has 1 N–H and O–H groups in total. The van der Waals surface area contributed by atoms with Gasteiger partial charge in [0.05, 0.1) is 18.2 Å². The van der Waals surface area contributed by atoms with Gasteiger partial charge in [0, 0.05) is 12.0 Å². The van der Waals surface area contributed by atoms with Crippen molar-refractivity contribution in [3.05, 3.63) is 30.0 Å². The van der Waals surface area contributed by atoms with E-state index < -0.39 is 5.97 Å². The summed E-state index contributed by atoms with van der Waals surface area (Å²) < 4.78 is 7.07. The molecule has 0 spiro atoms. The Morgan fingerprint density at radius 1 is 1.53 bits per heavy atom. The van der Waals surface area contributed by atoms with Crippen LogP contribution in [0, 0.1) is 0 Å². The number of aromatic nitrogens is 2. The maximum atomic E-state index is 11.1. The Labute approximate surface area is 97.6 Å². The van der Waals surface area contributed by atoms with Crippen LogP contribution in [-0.2, 0) is 11.3 Å². The van der Waals surface area contributed by atoms with Crippen molar-refractivity contribution in [2.24, 2.45) is 0 Å². The summed E-state index contributed by atoms with van der Waals surface area (Å²) >= 11 is 0. The Bertz CT molecular complexity index is 572. The molecular weight excluding hydrogens is 220 g/mol. The van der Waals surface area contributed by atoms with Crippen molar-refractivity contribution in [1.82, 2.24) is 9.78 Å². The molecule has 1 aliphatic heterocycles. The second-order valence-electron chi connectivity index (χ2n) is 4.13. The Morgan fingerprint density at radius 2 is 2.29 bits per heavy atom. The highest BCUT2D eigenvalue weighted by molar-refractivity contribution is 6.01. The molecular formula is C12H12N2O3. The van der Waals surface area contributed by atoms with E-state index in [2.05, 4.69) is 5.10 Å². The van der Waals surface area contributed by atoms with Crippen molar-refractivity contribution in [3.8, 4) is 0 Å². The van der Waals surface area contributed by atoms with Crippen molar-refractivity contribution in [3.63, 3.8) is 0 Å². The molecule has 5 heteroatoms. The van der Waals surface area contributed by atoms with Gasteiger partial charge in [-0.3, -0.25) is 4.68 Å². The van der Waals surface area contributed by atoms with E-state index in [1.54, 1.807) is 10.7 Å². The number of carbonyl (C=O) groups is 1. The summed E-state index contributed by atoms with van der Waals surface area (Å²) in [5.74, 6) is -0.991. The fourth-order valence-electron chi connectivity index (χ4n) is 2.05. The summed E-state index contributed by atoms with van der Waals surface area (Å²) in [6.45, 7) is 1.41. The minimum atomic E-state index is -0.991. The summed E-state index contributed by atoms with van der Waals surface area (Å²) in [4.78, 5) is 11.1. The molecule has 1 fully saturated rings. The van der Waals surface area contributed by atoms with E-state index >= 15 is 0 Å². The Morgan fingerprint density at radius 3 is 2.94 bits per heavy atom. The van der Waals surface area contributed by atoms with E-state index in [-0.39, 0.29) is 11.8 Å². The van der Waals surface area contributed by atoms with Crippen LogP contribution in [0.3, 0.4) is 0 Å². The average Bonchev–Trinajstić information content (AvgIpc) is 2.63. The monoisotopic (exact) mass is 232 g/mol. The number of aromatic carboxylic acids is 1. The number of ether oxygens (including phenoxy) is 1. The quantitative estimate of drug-likeness (QED) is 0.871. The van der Waals surface area contributed by atoms with Gasteiger partial charge in [0.1, 0.15) is 0 Å². The molecule has 1 saturated heterocycles. The molecule has 5 nitrogen and oxygen atoms in total. The molecule has 0 bridgehead atoms. The lowest BCUT2D eigenvalue weighted by molar-refractivity contribution is -0.0603. The van der Waals surface area contributed by atoms with E-state index in [0.29, 0.717) is 11.9 Å². The molecule has 0 saturated carbocycles. The van der Waals surface area contributed by atoms with Crippen LogP contribution in [0.5, 0.6) is 0 Å². The first-order valence-corrected chi connectivity index (χ1v) is 5.56. The summed E-state index contributed by atoms with van der Waals surface area (Å²) in [5.41, 5.74) is 0.959. The third-order valence-corrected chi connectivity index (χ3v) is 3.03. The van der Waals surface area contributed by atoms with Crippen LogP contribution in [0.1, 0.15) is 16.9 Å². The van der Waals surface area contributed by atoms with Gasteiger partial charge in [-0.15, -0.1) is 0 Å². The fraction of sp³-hybridized carbons (Fsp3) is 0.333. The molecule has 17 heavy (non-hydrogen) atoms. The molecule has 2 aromatic rings. The van der Waals surface area contributed by atoms with E-state index in [1.165, 1.54) is 0 Å². The zero-order valence-electron chi connectivity index (χ0n) is 9.17. The Kier molecular flexibility index (Phi) is 2.33. The predicted octanol–water partition coefficient (Wildman–Crippen LogP) is 1.52. The highest BCUT2D eigenvalue weighted by atomic mass is 16.5. The topological polar surface area (TPSA) is 64.3 Å². The zero-order valence-corrected chi connectivity index (χ0v) is 9.17. The molecule has 88 valence electrons. The first-order valence-electron chi connectivity index (χ1n) is 5.56. The minimum Gasteiger partial charge on any atom is -0.476 e. The van der Waals surface area contributed by atoms with Crippen LogP contribution in [0.2, 0.25) is 0 Å². The Balaban J connectivity index is 2.07. The van der Waals surface area contributed by atoms with Gasteiger partial charge in [-0.05, 0) is 12.5 Å². The molecule has 1 atom stereocenters. The maximum Gasteiger partial charge on any atom is 0.357 e. The zero-order chi connectivity index (χ0) is 11.8. The number of rotatable bonds is 3. The van der Waals surface area contributed by atoms with Gasteiger partial charge < -0.3 is 9.84 Å². The van der Waals surface area contributed by atoms with Crippen molar-refractivity contribution in [2.75, 3.05) is 6.61 Å². The highest BCUT2D eigenvalue weighted by Crippen LogP contribution is 2.21. The lowest BCUT2D eigenvalue weighted by Gasteiger charge is -2.26. The van der Waals surface area contributed by atoms with Crippen LogP contribution in [0.15, 0.2) is 24.3 Å². The predicted molar refractivity (Wildman–Crippen MR) is 61.0 cm³/mol. The largest absolute Gasteiger partial charge is 0.476 e. The van der Waals surface area contributed by atoms with E-state index in [0.717, 1.165) is 18.5 Å². The first kappa shape index (κ1) is 10.3. The van der Waals surface area contributed by atoms with Crippen molar-refractivity contribution in [2.45, 2.75) is 19.1 Å². The number of fused-ring (bicyclic) bond motifs is 1. The molecule has 0 amide bonds. The third-order valence-electron chi connectivity index (χ3n) is 3.03. The number of hydrogen-bond donors (Lipinski definition) is 1. The first-order chi connectivity index (χ1) is 8.25. The van der Waals surface area contributed by atoms with E-state index in [9.17, 15) is 4.79 Å². The number of carboxylic acids is 1. The van der Waals surface area contributed by atoms with Crippen molar-refractivity contribution >= 4 is 16.9 Å². The van der Waals surface area contributed by atoms with Crippen LogP contribution >= 0.6 is 0 Å². The number of para-hydroxylation sites is 1. The lowest BCUT2D eigenvalue weighted by atomic mass is 10.2. The third kappa shape index (κ3) is 1.68. The summed E-state index contributed by atoms with van der Waals surface area (Å²) in [5, 5.41) is 13.9. The highest BCUT2D eigenvalue weighted by Gasteiger charge is 2.22. The number of hydrogen-bond acceptors (Lipinski definition) is 3. The standard InChI is InChI=1S/C12H12N2O3/c15-12(16)11-9-3-1-2-4-10(9)14(13-11)7-8-5-6-17-8/h1-4,8H,5-7H2,(H,15,16). The average molecular weight is 232 g/mol. The van der Waals surface area contributed by atoms with Gasteiger partial charge in [-0.1, -0.05) is 18.2 Å². The summed E-state index contributed by atoms with van der Waals surface area (Å²) in [6, 6.07) is 7.37. The second-order valence-corrected chi connectivity index (χ2v) is 4.13. The molecule has 1 unspecified atom stereocenters. The normalized spacial score (nSPS) is 19.2. The van der Waals surface area contributed by atoms with Gasteiger partial charge >= 0.3 is 5.97 Å². The fourth-order valence-corrected chi connectivity index (χ4v) is 2.05. The molecule has 0 radical (unpaired) electrons. The van der Waals surface area contributed by atoms with Crippen LogP contribution in [0.4, 0.5) is 0 Å². The van der Waals surface area contributed by atoms with Gasteiger partial charge in [-0.25, -0.2) is 4.79 Å². The molecule has 1 aliphatic rings. The van der Waals surface area contributed by atoms with Crippen LogP contribution in [0.25, 0.3) is 10.9 Å². The van der Waals surface area contributed by atoms with Gasteiger partial charge in [0.15, 0.2) is 5.69 Å². The molecule has 2 heterocycles. The number of nitrogens with zero attached hydrogens (tertiary/aromatic N) is 2. The van der Waals surface area contributed by atoms with Gasteiger partial charge in [0.2, 0.25) is 0 Å². The molecule has 0 aliphatic carbocycles. The minimum absolute atomic E-state index is 0.111. The summed E-state index contributed by atoms with van der Waals surface area (Å²) in [6.07, 6.45) is 1.18. The van der Waals surface area contributed by atoms with Gasteiger partial charge in [-0.2, -0.15) is 5.10 Å². The lowest BCUT2D eigenvalue weighted by Crippen LogP contribution is -2.31. The summed E-state index contributed by atoms with van der Waals surface area (Å²) in [7, 11) is 0. The molecule has 3 rings (SSSR count). The van der Waals surface area contributed by atoms with Crippen LogP contribution < -0.4 is 0 Å². The molecule has 1 aromatic carbocycles. The molecule has 1 aromatic heterocycles. The van der Waals surface area contributed by atoms with Gasteiger partial charge in [0.25, 0.3) is 0 Å².